The number of methoxy groups -OCH3 is 1. The molecular weight excluding hydrogens is 448 g/mol. The number of hydrogen-bond donors (Lipinski definition) is 2. The summed E-state index contributed by atoms with van der Waals surface area (Å²) in [5.41, 5.74) is 1.83. The first-order valence-electron chi connectivity index (χ1n) is 12.3. The summed E-state index contributed by atoms with van der Waals surface area (Å²) in [5.74, 6) is 1.40. The van der Waals surface area contributed by atoms with Gasteiger partial charge in [-0.15, -0.1) is 0 Å². The summed E-state index contributed by atoms with van der Waals surface area (Å²) in [6.07, 6.45) is 0.973. The highest BCUT2D eigenvalue weighted by atomic mass is 16.6. The first kappa shape index (κ1) is 26.6. The Bertz CT molecular complexity index is 1080. The van der Waals surface area contributed by atoms with E-state index in [4.69, 9.17) is 19.2 Å². The third kappa shape index (κ3) is 6.18. The predicted octanol–water partition coefficient (Wildman–Crippen LogP) is 5.14. The van der Waals surface area contributed by atoms with Crippen LogP contribution in [-0.2, 0) is 14.3 Å². The highest BCUT2D eigenvalue weighted by molar-refractivity contribution is 5.91. The van der Waals surface area contributed by atoms with Gasteiger partial charge in [-0.05, 0) is 41.5 Å². The summed E-state index contributed by atoms with van der Waals surface area (Å²) in [6, 6.07) is 1.94. The Hall–Kier alpha value is -2.97. The lowest BCUT2D eigenvalue weighted by atomic mass is 10.0. The molecular formula is C26H40N4O5. The molecule has 194 valence electrons. The number of aryl methyl sites for hydroxylation is 1. The van der Waals surface area contributed by atoms with Crippen LogP contribution in [0, 0.1) is 6.92 Å². The van der Waals surface area contributed by atoms with Crippen molar-refractivity contribution >= 4 is 28.8 Å². The largest absolute Gasteiger partial charge is 0.488 e. The van der Waals surface area contributed by atoms with Crippen LogP contribution in [0.1, 0.15) is 78.6 Å². The summed E-state index contributed by atoms with van der Waals surface area (Å²) in [7, 11) is 1.38. The number of likely N-dealkylation sites (tertiary alicyclic amines) is 1. The van der Waals surface area contributed by atoms with E-state index in [0.29, 0.717) is 37.4 Å². The molecule has 1 amide bonds. The van der Waals surface area contributed by atoms with Crippen LogP contribution in [0.4, 0.5) is 10.5 Å². The normalized spacial score (nSPS) is 15.4. The van der Waals surface area contributed by atoms with Crippen molar-refractivity contribution in [1.29, 1.82) is 0 Å². The van der Waals surface area contributed by atoms with E-state index in [0.717, 1.165) is 22.4 Å². The predicted molar refractivity (Wildman–Crippen MR) is 136 cm³/mol. The Balaban J connectivity index is 1.87. The van der Waals surface area contributed by atoms with E-state index >= 15 is 0 Å². The zero-order valence-corrected chi connectivity index (χ0v) is 22.5. The number of piperidine rings is 1. The lowest BCUT2D eigenvalue weighted by Crippen LogP contribution is -2.44. The van der Waals surface area contributed by atoms with Crippen LogP contribution in [0.2, 0.25) is 0 Å². The highest BCUT2D eigenvalue weighted by Crippen LogP contribution is 2.38. The monoisotopic (exact) mass is 488 g/mol. The van der Waals surface area contributed by atoms with E-state index in [1.54, 1.807) is 18.7 Å². The second kappa shape index (κ2) is 9.95. The quantitative estimate of drug-likeness (QED) is 0.543. The molecule has 1 fully saturated rings. The van der Waals surface area contributed by atoms with Gasteiger partial charge in [0.1, 0.15) is 28.8 Å². The third-order valence-corrected chi connectivity index (χ3v) is 6.07. The van der Waals surface area contributed by atoms with Gasteiger partial charge in [-0.1, -0.05) is 13.8 Å². The number of esters is 1. The summed E-state index contributed by atoms with van der Waals surface area (Å²) < 4.78 is 17.0. The zero-order chi connectivity index (χ0) is 26.1. The molecule has 0 atom stereocenters. The maximum absolute atomic E-state index is 12.4. The number of H-pyrrole nitrogens is 1. The molecule has 9 nitrogen and oxygen atoms in total. The molecule has 2 N–H and O–H groups in total. The molecule has 35 heavy (non-hydrogen) atoms. The smallest absolute Gasteiger partial charge is 0.410 e. The number of amides is 1. The second-order valence-electron chi connectivity index (χ2n) is 11.1. The topological polar surface area (TPSA) is 106 Å². The summed E-state index contributed by atoms with van der Waals surface area (Å²) >= 11 is 0. The number of aromatic amines is 1. The number of rotatable bonds is 6. The number of ether oxygens (including phenoxy) is 3. The number of nitrogens with one attached hydrogen (secondary N) is 2. The Morgan fingerprint density at radius 2 is 1.80 bits per heavy atom. The van der Waals surface area contributed by atoms with Crippen LogP contribution >= 0.6 is 0 Å². The van der Waals surface area contributed by atoms with Crippen LogP contribution < -0.4 is 10.1 Å². The van der Waals surface area contributed by atoms with Crippen molar-refractivity contribution in [1.82, 2.24) is 14.9 Å². The van der Waals surface area contributed by atoms with E-state index in [1.807, 2.05) is 33.8 Å². The molecule has 0 spiro atoms. The molecule has 0 unspecified atom stereocenters. The second-order valence-corrected chi connectivity index (χ2v) is 11.1. The SMILES string of the molecule is COC(=O)C(C)(C)Nc1c(OC2CCN(C(=O)OC(C)(C)C)CC2)cc2[nH]c(C(C)C)nc2c1C. The van der Waals surface area contributed by atoms with Gasteiger partial charge in [0.05, 0.1) is 23.8 Å². The maximum Gasteiger partial charge on any atom is 0.410 e. The standard InChI is InChI=1S/C26H40N4O5/c1-15(2)22-27-18-14-19(21(16(3)20(18)28-22)29-26(7,8)23(31)33-9)34-17-10-12-30(13-11-17)24(32)35-25(4,5)6/h14-15,17,29H,10-13H2,1-9H3,(H,27,28). The molecule has 0 radical (unpaired) electrons. The number of benzene rings is 1. The van der Waals surface area contributed by atoms with Crippen molar-refractivity contribution in [2.24, 2.45) is 0 Å². The van der Waals surface area contributed by atoms with Crippen molar-refractivity contribution in [2.45, 2.75) is 91.4 Å². The van der Waals surface area contributed by atoms with Gasteiger partial charge in [0.15, 0.2) is 0 Å². The zero-order valence-electron chi connectivity index (χ0n) is 22.5. The molecule has 0 bridgehead atoms. The molecule has 2 aromatic rings. The number of fused-ring (bicyclic) bond motifs is 1. The number of aromatic nitrogens is 2. The molecule has 9 heteroatoms. The molecule has 1 aliphatic heterocycles. The molecule has 1 aliphatic rings. The van der Waals surface area contributed by atoms with E-state index in [2.05, 4.69) is 24.1 Å². The van der Waals surface area contributed by atoms with E-state index in [9.17, 15) is 9.59 Å². The molecule has 1 saturated heterocycles. The van der Waals surface area contributed by atoms with Gasteiger partial charge in [-0.3, -0.25) is 0 Å². The molecule has 0 saturated carbocycles. The Labute approximate surface area is 207 Å². The van der Waals surface area contributed by atoms with Gasteiger partial charge in [-0.25, -0.2) is 14.6 Å². The van der Waals surface area contributed by atoms with Crippen LogP contribution in [0.3, 0.4) is 0 Å². The number of imidazole rings is 1. The average molecular weight is 489 g/mol. The van der Waals surface area contributed by atoms with Crippen molar-refractivity contribution in [3.63, 3.8) is 0 Å². The number of carbonyl (C=O) groups is 2. The lowest BCUT2D eigenvalue weighted by Gasteiger charge is -2.34. The van der Waals surface area contributed by atoms with Gasteiger partial charge >= 0.3 is 12.1 Å². The summed E-state index contributed by atoms with van der Waals surface area (Å²) in [6.45, 7) is 16.4. The average Bonchev–Trinajstić information content (AvgIpc) is 3.20. The van der Waals surface area contributed by atoms with Crippen molar-refractivity contribution < 1.29 is 23.8 Å². The minimum atomic E-state index is -0.970. The minimum Gasteiger partial charge on any atom is -0.488 e. The first-order valence-corrected chi connectivity index (χ1v) is 12.3. The molecule has 0 aliphatic carbocycles. The molecule has 3 rings (SSSR count). The van der Waals surface area contributed by atoms with Gasteiger partial charge in [0, 0.05) is 43.5 Å². The number of carbonyl (C=O) groups excluding carboxylic acids is 2. The minimum absolute atomic E-state index is 0.0835. The summed E-state index contributed by atoms with van der Waals surface area (Å²) in [4.78, 5) is 34.8. The number of hydrogen-bond acceptors (Lipinski definition) is 7. The van der Waals surface area contributed by atoms with Gasteiger partial charge in [0.2, 0.25) is 0 Å². The van der Waals surface area contributed by atoms with Crippen LogP contribution in [0.25, 0.3) is 11.0 Å². The highest BCUT2D eigenvalue weighted by Gasteiger charge is 2.32. The van der Waals surface area contributed by atoms with Crippen LogP contribution in [-0.4, -0.2) is 64.4 Å². The van der Waals surface area contributed by atoms with Gasteiger partial charge < -0.3 is 29.4 Å². The fourth-order valence-corrected chi connectivity index (χ4v) is 4.11. The molecule has 1 aromatic heterocycles. The Morgan fingerprint density at radius 1 is 1.17 bits per heavy atom. The van der Waals surface area contributed by atoms with Gasteiger partial charge in [-0.2, -0.15) is 0 Å². The molecule has 1 aromatic carbocycles. The fraction of sp³-hybridized carbons (Fsp3) is 0.654. The van der Waals surface area contributed by atoms with E-state index < -0.39 is 11.1 Å². The first-order chi connectivity index (χ1) is 16.2. The van der Waals surface area contributed by atoms with E-state index in [-0.39, 0.29) is 24.1 Å². The van der Waals surface area contributed by atoms with Crippen LogP contribution in [0.15, 0.2) is 6.07 Å². The van der Waals surface area contributed by atoms with Crippen molar-refractivity contribution in [3.05, 3.63) is 17.5 Å². The number of nitrogens with zero attached hydrogens (tertiary/aromatic N) is 2. The van der Waals surface area contributed by atoms with Crippen molar-refractivity contribution in [2.75, 3.05) is 25.5 Å². The van der Waals surface area contributed by atoms with E-state index in [1.165, 1.54) is 7.11 Å². The summed E-state index contributed by atoms with van der Waals surface area (Å²) in [5, 5.41) is 3.34. The maximum atomic E-state index is 12.4. The third-order valence-electron chi connectivity index (χ3n) is 6.07. The number of anilines is 1. The molecule has 2 heterocycles. The fourth-order valence-electron chi connectivity index (χ4n) is 4.11. The Kier molecular flexibility index (Phi) is 7.57. The van der Waals surface area contributed by atoms with Crippen molar-refractivity contribution in [3.8, 4) is 5.75 Å². The van der Waals surface area contributed by atoms with Crippen LogP contribution in [0.5, 0.6) is 5.75 Å². The Morgan fingerprint density at radius 3 is 2.34 bits per heavy atom. The van der Waals surface area contributed by atoms with Gasteiger partial charge in [0.25, 0.3) is 0 Å². The lowest BCUT2D eigenvalue weighted by molar-refractivity contribution is -0.144.